The third-order valence-corrected chi connectivity index (χ3v) is 3.65. The van der Waals surface area contributed by atoms with Crippen LogP contribution in [0.25, 0.3) is 0 Å². The van der Waals surface area contributed by atoms with Crippen molar-refractivity contribution in [2.45, 2.75) is 0 Å². The molecular weight excluding hydrogens is 264 g/mol. The first-order chi connectivity index (χ1) is 9.01. The lowest BCUT2D eigenvalue weighted by Gasteiger charge is -2.19. The minimum atomic E-state index is -0.139. The summed E-state index contributed by atoms with van der Waals surface area (Å²) in [5.41, 5.74) is 5.81. The summed E-state index contributed by atoms with van der Waals surface area (Å²) in [6.07, 6.45) is 1.68. The van der Waals surface area contributed by atoms with E-state index in [1.165, 1.54) is 11.3 Å². The van der Waals surface area contributed by atoms with Gasteiger partial charge in [0.05, 0.1) is 6.61 Å². The molecule has 1 amide bonds. The van der Waals surface area contributed by atoms with Crippen LogP contribution >= 0.6 is 11.3 Å². The molecule has 1 rings (SSSR count). The molecule has 0 atom stereocenters. The Morgan fingerprint density at radius 2 is 2.26 bits per heavy atom. The summed E-state index contributed by atoms with van der Waals surface area (Å²) in [5, 5.41) is 0.714. The van der Waals surface area contributed by atoms with Crippen LogP contribution in [0.2, 0.25) is 0 Å². The first kappa shape index (κ1) is 15.5. The SMILES string of the molecule is C=CCN(CCOC)C(=O)c1sc(N(C)C)nc1N. The van der Waals surface area contributed by atoms with Crippen molar-refractivity contribution in [2.24, 2.45) is 0 Å². The predicted octanol–water partition coefficient (Wildman–Crippen LogP) is 1.07. The fraction of sp³-hybridized carbons (Fsp3) is 0.500. The number of rotatable bonds is 7. The van der Waals surface area contributed by atoms with Crippen LogP contribution in [0.5, 0.6) is 0 Å². The Labute approximate surface area is 117 Å². The molecule has 1 heterocycles. The van der Waals surface area contributed by atoms with E-state index in [-0.39, 0.29) is 11.7 Å². The molecule has 0 unspecified atom stereocenters. The largest absolute Gasteiger partial charge is 0.383 e. The van der Waals surface area contributed by atoms with E-state index in [0.717, 1.165) is 0 Å². The first-order valence-electron chi connectivity index (χ1n) is 5.84. The minimum absolute atomic E-state index is 0.139. The van der Waals surface area contributed by atoms with Crippen molar-refractivity contribution >= 4 is 28.2 Å². The van der Waals surface area contributed by atoms with Crippen LogP contribution < -0.4 is 10.6 Å². The summed E-state index contributed by atoms with van der Waals surface area (Å²) in [4.78, 5) is 20.5. The lowest BCUT2D eigenvalue weighted by atomic mass is 10.3. The number of amides is 1. The molecule has 0 spiro atoms. The van der Waals surface area contributed by atoms with Crippen LogP contribution in [0.3, 0.4) is 0 Å². The molecule has 0 saturated heterocycles. The Bertz CT molecular complexity index is 445. The summed E-state index contributed by atoms with van der Waals surface area (Å²) >= 11 is 1.29. The molecule has 0 saturated carbocycles. The fourth-order valence-corrected chi connectivity index (χ4v) is 2.32. The smallest absolute Gasteiger partial charge is 0.268 e. The molecule has 106 valence electrons. The number of thiazole rings is 1. The molecule has 19 heavy (non-hydrogen) atoms. The molecule has 0 fully saturated rings. The summed E-state index contributed by atoms with van der Waals surface area (Å²) < 4.78 is 5.00. The summed E-state index contributed by atoms with van der Waals surface area (Å²) in [7, 11) is 5.32. The molecule has 0 aliphatic heterocycles. The number of carbonyl (C=O) groups excluding carboxylic acids is 1. The fourth-order valence-electron chi connectivity index (χ4n) is 1.44. The third-order valence-electron chi connectivity index (χ3n) is 2.42. The minimum Gasteiger partial charge on any atom is -0.383 e. The number of nitrogens with zero attached hydrogens (tertiary/aromatic N) is 3. The monoisotopic (exact) mass is 284 g/mol. The lowest BCUT2D eigenvalue weighted by molar-refractivity contribution is 0.0723. The van der Waals surface area contributed by atoms with Gasteiger partial charge in [-0.2, -0.15) is 0 Å². The number of nitrogens with two attached hydrogens (primary N) is 1. The van der Waals surface area contributed by atoms with E-state index in [1.54, 1.807) is 18.1 Å². The maximum absolute atomic E-state index is 12.4. The van der Waals surface area contributed by atoms with Gasteiger partial charge in [0.1, 0.15) is 10.7 Å². The van der Waals surface area contributed by atoms with Crippen molar-refractivity contribution in [3.05, 3.63) is 17.5 Å². The van der Waals surface area contributed by atoms with Gasteiger partial charge in [-0.25, -0.2) is 4.98 Å². The second-order valence-corrected chi connectivity index (χ2v) is 5.12. The normalized spacial score (nSPS) is 10.3. The average Bonchev–Trinajstić information content (AvgIpc) is 2.76. The Morgan fingerprint density at radius 3 is 2.74 bits per heavy atom. The number of methoxy groups -OCH3 is 1. The number of anilines is 2. The van der Waals surface area contributed by atoms with Crippen molar-refractivity contribution in [3.63, 3.8) is 0 Å². The quantitative estimate of drug-likeness (QED) is 0.758. The van der Waals surface area contributed by atoms with Crippen molar-refractivity contribution < 1.29 is 9.53 Å². The standard InChI is InChI=1S/C12H20N4O2S/c1-5-6-16(7-8-18-4)11(17)9-10(13)14-12(19-9)15(2)3/h5H,1,6-8,13H2,2-4H3. The molecule has 6 nitrogen and oxygen atoms in total. The zero-order valence-corrected chi connectivity index (χ0v) is 12.4. The van der Waals surface area contributed by atoms with Gasteiger partial charge in [-0.3, -0.25) is 4.79 Å². The Kier molecular flexibility index (Phi) is 5.78. The maximum atomic E-state index is 12.4. The number of hydrogen-bond donors (Lipinski definition) is 1. The Balaban J connectivity index is 2.91. The van der Waals surface area contributed by atoms with Gasteiger partial charge in [0.2, 0.25) is 0 Å². The second kappa shape index (κ2) is 7.10. The van der Waals surface area contributed by atoms with Gasteiger partial charge in [0.25, 0.3) is 5.91 Å². The van der Waals surface area contributed by atoms with Gasteiger partial charge < -0.3 is 20.3 Å². The number of aromatic nitrogens is 1. The van der Waals surface area contributed by atoms with Gasteiger partial charge in [-0.15, -0.1) is 6.58 Å². The molecule has 0 bridgehead atoms. The van der Waals surface area contributed by atoms with Gasteiger partial charge in [-0.1, -0.05) is 17.4 Å². The van der Waals surface area contributed by atoms with Crippen LogP contribution in [-0.2, 0) is 4.74 Å². The second-order valence-electron chi connectivity index (χ2n) is 4.14. The molecule has 1 aromatic heterocycles. The van der Waals surface area contributed by atoms with Crippen molar-refractivity contribution in [2.75, 3.05) is 51.5 Å². The van der Waals surface area contributed by atoms with E-state index in [9.17, 15) is 4.79 Å². The molecule has 0 radical (unpaired) electrons. The average molecular weight is 284 g/mol. The molecule has 0 aliphatic rings. The maximum Gasteiger partial charge on any atom is 0.268 e. The summed E-state index contributed by atoms with van der Waals surface area (Å²) in [6.45, 7) is 5.08. The van der Waals surface area contributed by atoms with E-state index >= 15 is 0 Å². The van der Waals surface area contributed by atoms with Crippen molar-refractivity contribution in [1.29, 1.82) is 0 Å². The lowest BCUT2D eigenvalue weighted by Crippen LogP contribution is -2.34. The highest BCUT2D eigenvalue weighted by atomic mass is 32.1. The molecule has 1 aromatic rings. The Hall–Kier alpha value is -1.60. The van der Waals surface area contributed by atoms with Crippen molar-refractivity contribution in [1.82, 2.24) is 9.88 Å². The van der Waals surface area contributed by atoms with Gasteiger partial charge in [0, 0.05) is 34.3 Å². The topological polar surface area (TPSA) is 71.7 Å². The third kappa shape index (κ3) is 3.93. The predicted molar refractivity (Wildman–Crippen MR) is 78.8 cm³/mol. The number of carbonyl (C=O) groups is 1. The zero-order valence-electron chi connectivity index (χ0n) is 11.5. The van der Waals surface area contributed by atoms with Gasteiger partial charge in [0.15, 0.2) is 5.13 Å². The number of ether oxygens (including phenoxy) is 1. The number of nitrogen functional groups attached to an aromatic ring is 1. The summed E-state index contributed by atoms with van der Waals surface area (Å²) in [5.74, 6) is 0.130. The van der Waals surface area contributed by atoms with Crippen molar-refractivity contribution in [3.8, 4) is 0 Å². The highest BCUT2D eigenvalue weighted by Gasteiger charge is 2.21. The molecule has 0 aliphatic carbocycles. The molecule has 7 heteroatoms. The van der Waals surface area contributed by atoms with E-state index < -0.39 is 0 Å². The van der Waals surface area contributed by atoms with Crippen LogP contribution in [-0.4, -0.2) is 56.7 Å². The number of hydrogen-bond acceptors (Lipinski definition) is 6. The van der Waals surface area contributed by atoms with E-state index in [2.05, 4.69) is 11.6 Å². The highest BCUT2D eigenvalue weighted by Crippen LogP contribution is 2.27. The van der Waals surface area contributed by atoms with E-state index in [1.807, 2.05) is 19.0 Å². The van der Waals surface area contributed by atoms with Crippen LogP contribution in [0, 0.1) is 0 Å². The Morgan fingerprint density at radius 1 is 1.58 bits per heavy atom. The molecular formula is C12H20N4O2S. The highest BCUT2D eigenvalue weighted by molar-refractivity contribution is 7.18. The van der Waals surface area contributed by atoms with Crippen LogP contribution in [0.1, 0.15) is 9.67 Å². The van der Waals surface area contributed by atoms with E-state index in [4.69, 9.17) is 10.5 Å². The molecule has 0 aromatic carbocycles. The first-order valence-corrected chi connectivity index (χ1v) is 6.65. The van der Waals surface area contributed by atoms with Crippen LogP contribution in [0.15, 0.2) is 12.7 Å². The van der Waals surface area contributed by atoms with Gasteiger partial charge in [-0.05, 0) is 0 Å². The van der Waals surface area contributed by atoms with Crippen LogP contribution in [0.4, 0.5) is 10.9 Å². The van der Waals surface area contributed by atoms with E-state index in [0.29, 0.717) is 29.7 Å². The zero-order chi connectivity index (χ0) is 14.4. The summed E-state index contributed by atoms with van der Waals surface area (Å²) in [6, 6.07) is 0. The van der Waals surface area contributed by atoms with Gasteiger partial charge >= 0.3 is 0 Å². The molecule has 2 N–H and O–H groups in total.